The van der Waals surface area contributed by atoms with E-state index in [2.05, 4.69) is 28.2 Å². The maximum atomic E-state index is 6.06. The molecule has 2 unspecified atom stereocenters. The summed E-state index contributed by atoms with van der Waals surface area (Å²) in [5.74, 6) is 0. The fourth-order valence-corrected chi connectivity index (χ4v) is 4.43. The predicted molar refractivity (Wildman–Crippen MR) is 86.5 cm³/mol. The zero-order chi connectivity index (χ0) is 14.1. The van der Waals surface area contributed by atoms with E-state index in [9.17, 15) is 0 Å². The van der Waals surface area contributed by atoms with E-state index in [1.807, 2.05) is 0 Å². The van der Waals surface area contributed by atoms with E-state index in [-0.39, 0.29) is 0 Å². The van der Waals surface area contributed by atoms with Gasteiger partial charge in [0.15, 0.2) is 0 Å². The highest BCUT2D eigenvalue weighted by molar-refractivity contribution is 7.14. The maximum Gasteiger partial charge on any atom is 0.0931 e. The third kappa shape index (κ3) is 3.20. The van der Waals surface area contributed by atoms with Gasteiger partial charge in [-0.05, 0) is 56.3 Å². The van der Waals surface area contributed by atoms with Crippen molar-refractivity contribution in [3.05, 3.63) is 21.3 Å². The van der Waals surface area contributed by atoms with Gasteiger partial charge in [0.25, 0.3) is 0 Å². The van der Waals surface area contributed by atoms with Crippen LogP contribution in [0.4, 0.5) is 0 Å². The van der Waals surface area contributed by atoms with Gasteiger partial charge in [0.1, 0.15) is 0 Å². The summed E-state index contributed by atoms with van der Waals surface area (Å²) in [6.45, 7) is 7.04. The number of piperidine rings is 1. The van der Waals surface area contributed by atoms with Crippen molar-refractivity contribution in [2.24, 2.45) is 5.73 Å². The summed E-state index contributed by atoms with van der Waals surface area (Å²) in [7, 11) is 0. The molecule has 2 saturated heterocycles. The normalized spacial score (nSPS) is 28.1. The van der Waals surface area contributed by atoms with Crippen molar-refractivity contribution in [2.75, 3.05) is 26.2 Å². The van der Waals surface area contributed by atoms with Gasteiger partial charge < -0.3 is 5.73 Å². The van der Waals surface area contributed by atoms with Crippen LogP contribution in [0.1, 0.15) is 37.8 Å². The van der Waals surface area contributed by atoms with E-state index in [0.29, 0.717) is 12.1 Å². The first-order valence-corrected chi connectivity index (χ1v) is 8.87. The molecule has 2 aliphatic heterocycles. The van der Waals surface area contributed by atoms with Crippen LogP contribution < -0.4 is 5.73 Å². The summed E-state index contributed by atoms with van der Waals surface area (Å²) in [5, 5.41) is 2.19. The summed E-state index contributed by atoms with van der Waals surface area (Å²) < 4.78 is 0.896. The molecule has 3 rings (SSSR count). The fraction of sp³-hybridized carbons (Fsp3) is 0.733. The summed E-state index contributed by atoms with van der Waals surface area (Å²) in [4.78, 5) is 5.24. The molecule has 0 amide bonds. The van der Waals surface area contributed by atoms with Gasteiger partial charge >= 0.3 is 0 Å². The van der Waals surface area contributed by atoms with Gasteiger partial charge in [-0.3, -0.25) is 9.80 Å². The van der Waals surface area contributed by atoms with E-state index >= 15 is 0 Å². The van der Waals surface area contributed by atoms with Crippen molar-refractivity contribution in [2.45, 2.75) is 44.3 Å². The minimum atomic E-state index is 0.427. The molecule has 2 aliphatic rings. The lowest BCUT2D eigenvalue weighted by molar-refractivity contribution is 0.146. The predicted octanol–water partition coefficient (Wildman–Crippen LogP) is 2.96. The average molecular weight is 314 g/mol. The van der Waals surface area contributed by atoms with Crippen LogP contribution in [0.3, 0.4) is 0 Å². The molecule has 0 aliphatic carbocycles. The summed E-state index contributed by atoms with van der Waals surface area (Å²) >= 11 is 7.69. The summed E-state index contributed by atoms with van der Waals surface area (Å²) in [6.07, 6.45) is 3.61. The zero-order valence-corrected chi connectivity index (χ0v) is 13.7. The minimum Gasteiger partial charge on any atom is -0.328 e. The Labute approximate surface area is 130 Å². The number of nitrogens with zero attached hydrogens (tertiary/aromatic N) is 2. The first-order chi connectivity index (χ1) is 9.63. The molecule has 0 saturated carbocycles. The molecule has 112 valence electrons. The standard InChI is InChI=1S/C15H24ClN3S/c1-11(12-8-15(16)20-10-12)19-7-4-14(9-19)18-5-2-13(17)3-6-18/h8,10-11,13-14H,2-7,9,17H2,1H3. The van der Waals surface area contributed by atoms with Gasteiger partial charge in [0.2, 0.25) is 0 Å². The lowest BCUT2D eigenvalue weighted by atomic mass is 10.0. The summed E-state index contributed by atoms with van der Waals surface area (Å²) in [5.41, 5.74) is 7.36. The average Bonchev–Trinajstić information content (AvgIpc) is 3.08. The molecule has 3 heterocycles. The van der Waals surface area contributed by atoms with Gasteiger partial charge in [-0.25, -0.2) is 0 Å². The summed E-state index contributed by atoms with van der Waals surface area (Å²) in [6, 6.07) is 3.75. The molecule has 2 fully saturated rings. The van der Waals surface area contributed by atoms with Crippen LogP contribution in [0.25, 0.3) is 0 Å². The van der Waals surface area contributed by atoms with Crippen LogP contribution in [-0.4, -0.2) is 48.1 Å². The highest BCUT2D eigenvalue weighted by Crippen LogP contribution is 2.31. The number of hydrogen-bond donors (Lipinski definition) is 1. The largest absolute Gasteiger partial charge is 0.328 e. The Bertz CT molecular complexity index is 442. The van der Waals surface area contributed by atoms with Crippen LogP contribution in [0.2, 0.25) is 4.34 Å². The van der Waals surface area contributed by atoms with Crippen molar-refractivity contribution in [3.63, 3.8) is 0 Å². The lowest BCUT2D eigenvalue weighted by Crippen LogP contribution is -2.46. The Morgan fingerprint density at radius 2 is 2.05 bits per heavy atom. The second kappa shape index (κ2) is 6.32. The first kappa shape index (κ1) is 14.8. The van der Waals surface area contributed by atoms with E-state index in [1.165, 1.54) is 38.2 Å². The molecule has 2 atom stereocenters. The molecular weight excluding hydrogens is 290 g/mol. The van der Waals surface area contributed by atoms with Gasteiger partial charge in [-0.2, -0.15) is 0 Å². The number of thiophene rings is 1. The Hall–Kier alpha value is -0.130. The van der Waals surface area contributed by atoms with E-state index < -0.39 is 0 Å². The molecule has 1 aromatic heterocycles. The highest BCUT2D eigenvalue weighted by Gasteiger charge is 2.32. The Kier molecular flexibility index (Phi) is 4.68. The van der Waals surface area contributed by atoms with Crippen LogP contribution >= 0.6 is 22.9 Å². The molecule has 1 aromatic rings. The molecule has 0 radical (unpaired) electrons. The monoisotopic (exact) mass is 313 g/mol. The first-order valence-electron chi connectivity index (χ1n) is 7.61. The molecule has 3 nitrogen and oxygen atoms in total. The Balaban J connectivity index is 1.56. The number of likely N-dealkylation sites (tertiary alicyclic amines) is 2. The van der Waals surface area contributed by atoms with Crippen LogP contribution in [0.5, 0.6) is 0 Å². The molecule has 0 bridgehead atoms. The van der Waals surface area contributed by atoms with Crippen molar-refractivity contribution in [1.29, 1.82) is 0 Å². The van der Waals surface area contributed by atoms with Gasteiger partial charge in [0.05, 0.1) is 4.34 Å². The fourth-order valence-electron chi connectivity index (χ4n) is 3.46. The minimum absolute atomic E-state index is 0.427. The quantitative estimate of drug-likeness (QED) is 0.931. The van der Waals surface area contributed by atoms with Crippen molar-refractivity contribution in [1.82, 2.24) is 9.80 Å². The number of hydrogen-bond acceptors (Lipinski definition) is 4. The SMILES string of the molecule is CC(c1csc(Cl)c1)N1CCC(N2CCC(N)CC2)C1. The number of halogens is 1. The number of rotatable bonds is 3. The Morgan fingerprint density at radius 1 is 1.30 bits per heavy atom. The molecule has 2 N–H and O–H groups in total. The second-order valence-electron chi connectivity index (χ2n) is 6.17. The van der Waals surface area contributed by atoms with Crippen molar-refractivity contribution in [3.8, 4) is 0 Å². The third-order valence-electron chi connectivity index (χ3n) is 4.90. The maximum absolute atomic E-state index is 6.06. The van der Waals surface area contributed by atoms with Crippen molar-refractivity contribution < 1.29 is 0 Å². The smallest absolute Gasteiger partial charge is 0.0931 e. The van der Waals surface area contributed by atoms with Crippen LogP contribution in [0.15, 0.2) is 11.4 Å². The molecular formula is C15H24ClN3S. The lowest BCUT2D eigenvalue weighted by Gasteiger charge is -2.35. The van der Waals surface area contributed by atoms with Crippen LogP contribution in [0, 0.1) is 0 Å². The van der Waals surface area contributed by atoms with Gasteiger partial charge in [0, 0.05) is 31.2 Å². The zero-order valence-electron chi connectivity index (χ0n) is 12.1. The second-order valence-corrected chi connectivity index (χ2v) is 7.71. The van der Waals surface area contributed by atoms with Gasteiger partial charge in [-0.1, -0.05) is 11.6 Å². The van der Waals surface area contributed by atoms with Gasteiger partial charge in [-0.15, -0.1) is 11.3 Å². The molecule has 5 heteroatoms. The van der Waals surface area contributed by atoms with Crippen molar-refractivity contribution >= 4 is 22.9 Å². The van der Waals surface area contributed by atoms with Crippen LogP contribution in [-0.2, 0) is 0 Å². The molecule has 0 aromatic carbocycles. The number of nitrogens with two attached hydrogens (primary N) is 1. The molecule has 20 heavy (non-hydrogen) atoms. The van der Waals surface area contributed by atoms with E-state index in [0.717, 1.165) is 23.2 Å². The van der Waals surface area contributed by atoms with E-state index in [4.69, 9.17) is 17.3 Å². The van der Waals surface area contributed by atoms with E-state index in [1.54, 1.807) is 11.3 Å². The third-order valence-corrected chi connectivity index (χ3v) is 6.01. The topological polar surface area (TPSA) is 32.5 Å². The highest BCUT2D eigenvalue weighted by atomic mass is 35.5. The Morgan fingerprint density at radius 3 is 2.70 bits per heavy atom. The molecule has 0 spiro atoms.